The van der Waals surface area contributed by atoms with Gasteiger partial charge in [-0.1, -0.05) is 194 Å². The van der Waals surface area contributed by atoms with Crippen LogP contribution < -0.4 is 10.6 Å². The van der Waals surface area contributed by atoms with E-state index in [1.165, 1.54) is 192 Å². The molecule has 0 fully saturated rings. The normalized spacial score (nSPS) is 14.3. The van der Waals surface area contributed by atoms with Crippen LogP contribution in [0, 0.1) is 5.92 Å². The molecular weight excluding hydrogens is 550 g/mol. The van der Waals surface area contributed by atoms with Gasteiger partial charge in [-0.15, -0.1) is 0 Å². The zero-order valence-electron chi connectivity index (χ0n) is 31.1. The van der Waals surface area contributed by atoms with Crippen LogP contribution in [0.4, 0.5) is 0 Å². The van der Waals surface area contributed by atoms with Gasteiger partial charge in [0.1, 0.15) is 0 Å². The quantitative estimate of drug-likeness (QED) is 0.0684. The Bertz CT molecular complexity index is 663. The van der Waals surface area contributed by atoms with Gasteiger partial charge in [0, 0.05) is 24.9 Å². The first-order valence-electron chi connectivity index (χ1n) is 20.7. The average Bonchev–Trinajstić information content (AvgIpc) is 3.57. The standard InChI is InChI=1S/C41H81N3O/c1-4-6-8-10-12-14-16-18-20-22-24-26-28-30-32-34-40(45)44-38(3)37-39(41-42-35-36-43-41)33-31-29-27-25-23-21-19-17-15-13-11-9-7-5-2/h38-39H,4-37H2,1-3H3,(H,42,43)(H,44,45). The van der Waals surface area contributed by atoms with Crippen molar-refractivity contribution in [3.05, 3.63) is 0 Å². The highest BCUT2D eigenvalue weighted by molar-refractivity contribution is 5.86. The number of unbranched alkanes of at least 4 members (excludes halogenated alkanes) is 27. The first-order valence-corrected chi connectivity index (χ1v) is 20.7. The van der Waals surface area contributed by atoms with Gasteiger partial charge in [-0.2, -0.15) is 0 Å². The number of hydrogen-bond acceptors (Lipinski definition) is 3. The number of amidine groups is 1. The molecule has 0 aromatic heterocycles. The van der Waals surface area contributed by atoms with Gasteiger partial charge in [0.25, 0.3) is 0 Å². The summed E-state index contributed by atoms with van der Waals surface area (Å²) in [5, 5.41) is 6.85. The first-order chi connectivity index (χ1) is 22.2. The number of carbonyl (C=O) groups excluding carboxylic acids is 1. The van der Waals surface area contributed by atoms with E-state index in [1.54, 1.807) is 0 Å². The molecule has 266 valence electrons. The van der Waals surface area contributed by atoms with Crippen molar-refractivity contribution in [3.63, 3.8) is 0 Å². The molecule has 45 heavy (non-hydrogen) atoms. The van der Waals surface area contributed by atoms with E-state index in [4.69, 9.17) is 4.99 Å². The lowest BCUT2D eigenvalue weighted by Gasteiger charge is -2.22. The monoisotopic (exact) mass is 632 g/mol. The molecule has 1 amide bonds. The molecule has 2 unspecified atom stereocenters. The largest absolute Gasteiger partial charge is 0.372 e. The van der Waals surface area contributed by atoms with Crippen LogP contribution >= 0.6 is 0 Å². The molecule has 0 spiro atoms. The molecule has 2 atom stereocenters. The number of hydrogen-bond donors (Lipinski definition) is 2. The number of aliphatic imine (C=N–C) groups is 1. The summed E-state index contributed by atoms with van der Waals surface area (Å²) in [7, 11) is 0. The van der Waals surface area contributed by atoms with Gasteiger partial charge in [0.15, 0.2) is 0 Å². The van der Waals surface area contributed by atoms with Crippen molar-refractivity contribution < 1.29 is 4.79 Å². The lowest BCUT2D eigenvalue weighted by molar-refractivity contribution is -0.121. The van der Waals surface area contributed by atoms with Crippen molar-refractivity contribution in [2.75, 3.05) is 13.1 Å². The minimum atomic E-state index is 0.218. The average molecular weight is 632 g/mol. The Morgan fingerprint density at radius 2 is 0.978 bits per heavy atom. The smallest absolute Gasteiger partial charge is 0.220 e. The van der Waals surface area contributed by atoms with Crippen LogP contribution in [0.2, 0.25) is 0 Å². The molecule has 1 aliphatic heterocycles. The molecule has 1 rings (SSSR count). The Balaban J connectivity index is 2.01. The highest BCUT2D eigenvalue weighted by atomic mass is 16.1. The van der Waals surface area contributed by atoms with E-state index in [0.29, 0.717) is 12.3 Å². The Morgan fingerprint density at radius 1 is 0.600 bits per heavy atom. The molecular formula is C41H81N3O. The van der Waals surface area contributed by atoms with Crippen molar-refractivity contribution in [2.24, 2.45) is 10.9 Å². The second-order valence-electron chi connectivity index (χ2n) is 14.7. The summed E-state index contributed by atoms with van der Waals surface area (Å²) in [6, 6.07) is 0.218. The van der Waals surface area contributed by atoms with Gasteiger partial charge < -0.3 is 10.6 Å². The third-order valence-corrected chi connectivity index (χ3v) is 10.0. The van der Waals surface area contributed by atoms with Crippen LogP contribution in [0.15, 0.2) is 4.99 Å². The summed E-state index contributed by atoms with van der Waals surface area (Å²) in [5.74, 6) is 1.91. The molecule has 0 bridgehead atoms. The highest BCUT2D eigenvalue weighted by Gasteiger charge is 2.21. The van der Waals surface area contributed by atoms with E-state index in [1.807, 2.05) is 0 Å². The minimum absolute atomic E-state index is 0.218. The minimum Gasteiger partial charge on any atom is -0.372 e. The molecule has 0 radical (unpaired) electrons. The van der Waals surface area contributed by atoms with Crippen molar-refractivity contribution in [1.82, 2.24) is 10.6 Å². The molecule has 2 N–H and O–H groups in total. The second kappa shape index (κ2) is 32.9. The number of amides is 1. The van der Waals surface area contributed by atoms with Gasteiger partial charge in [-0.3, -0.25) is 9.79 Å². The first kappa shape index (κ1) is 42.0. The van der Waals surface area contributed by atoms with Gasteiger partial charge in [0.2, 0.25) is 5.91 Å². The summed E-state index contributed by atoms with van der Waals surface area (Å²) < 4.78 is 0. The van der Waals surface area contributed by atoms with Crippen LogP contribution in [-0.4, -0.2) is 30.9 Å². The van der Waals surface area contributed by atoms with Gasteiger partial charge >= 0.3 is 0 Å². The summed E-state index contributed by atoms with van der Waals surface area (Å²) in [5.41, 5.74) is 0. The maximum atomic E-state index is 12.6. The Hall–Kier alpha value is -1.06. The van der Waals surface area contributed by atoms with Crippen molar-refractivity contribution in [3.8, 4) is 0 Å². The Kier molecular flexibility index (Phi) is 30.6. The molecule has 0 aliphatic carbocycles. The van der Waals surface area contributed by atoms with Crippen LogP contribution in [0.25, 0.3) is 0 Å². The molecule has 1 heterocycles. The number of carbonyl (C=O) groups is 1. The molecule has 4 heteroatoms. The van der Waals surface area contributed by atoms with Gasteiger partial charge in [0.05, 0.1) is 12.4 Å². The van der Waals surface area contributed by atoms with Crippen LogP contribution in [0.1, 0.15) is 226 Å². The third-order valence-electron chi connectivity index (χ3n) is 10.0. The van der Waals surface area contributed by atoms with Crippen LogP contribution in [0.5, 0.6) is 0 Å². The zero-order chi connectivity index (χ0) is 32.5. The van der Waals surface area contributed by atoms with E-state index in [2.05, 4.69) is 31.4 Å². The number of rotatable bonds is 35. The zero-order valence-corrected chi connectivity index (χ0v) is 31.1. The lowest BCUT2D eigenvalue weighted by Crippen LogP contribution is -2.37. The second-order valence-corrected chi connectivity index (χ2v) is 14.7. The summed E-state index contributed by atoms with van der Waals surface area (Å²) in [6.07, 6.45) is 43.0. The maximum Gasteiger partial charge on any atom is 0.220 e. The van der Waals surface area contributed by atoms with Gasteiger partial charge in [-0.25, -0.2) is 0 Å². The van der Waals surface area contributed by atoms with E-state index in [9.17, 15) is 4.79 Å². The summed E-state index contributed by atoms with van der Waals surface area (Å²) in [6.45, 7) is 8.67. The molecule has 0 saturated carbocycles. The van der Waals surface area contributed by atoms with Crippen LogP contribution in [0.3, 0.4) is 0 Å². The fraction of sp³-hybridized carbons (Fsp3) is 0.951. The third kappa shape index (κ3) is 27.7. The molecule has 0 aromatic rings. The Morgan fingerprint density at radius 3 is 1.36 bits per heavy atom. The van der Waals surface area contributed by atoms with E-state index in [0.717, 1.165) is 25.9 Å². The molecule has 0 aromatic carbocycles. The van der Waals surface area contributed by atoms with Crippen molar-refractivity contribution in [2.45, 2.75) is 232 Å². The fourth-order valence-electron chi connectivity index (χ4n) is 7.13. The number of nitrogens with zero attached hydrogens (tertiary/aromatic N) is 1. The SMILES string of the molecule is CCCCCCCCCCCCCCCCCC(=O)NC(C)CC(CCCCCCCCCCCCCCCC)C1=NCCN1. The van der Waals surface area contributed by atoms with Crippen LogP contribution in [-0.2, 0) is 4.79 Å². The Labute approximate surface area is 282 Å². The van der Waals surface area contributed by atoms with Crippen molar-refractivity contribution in [1.29, 1.82) is 0 Å². The molecule has 1 aliphatic rings. The predicted octanol–water partition coefficient (Wildman–Crippen LogP) is 12.6. The van der Waals surface area contributed by atoms with E-state index in [-0.39, 0.29) is 11.9 Å². The summed E-state index contributed by atoms with van der Waals surface area (Å²) >= 11 is 0. The highest BCUT2D eigenvalue weighted by Crippen LogP contribution is 2.20. The molecule has 4 nitrogen and oxygen atoms in total. The lowest BCUT2D eigenvalue weighted by atomic mass is 9.92. The fourth-order valence-corrected chi connectivity index (χ4v) is 7.13. The van der Waals surface area contributed by atoms with E-state index < -0.39 is 0 Å². The topological polar surface area (TPSA) is 53.5 Å². The van der Waals surface area contributed by atoms with Crippen molar-refractivity contribution >= 4 is 11.7 Å². The van der Waals surface area contributed by atoms with E-state index >= 15 is 0 Å². The van der Waals surface area contributed by atoms with Gasteiger partial charge in [-0.05, 0) is 26.2 Å². The molecule has 0 saturated heterocycles. The maximum absolute atomic E-state index is 12.6. The number of nitrogens with one attached hydrogen (secondary N) is 2. The predicted molar refractivity (Wildman–Crippen MR) is 200 cm³/mol. The summed E-state index contributed by atoms with van der Waals surface area (Å²) in [4.78, 5) is 17.4.